The molecule has 3 atom stereocenters. The second kappa shape index (κ2) is 12.0. The molecule has 2 amide bonds. The van der Waals surface area contributed by atoms with Crippen LogP contribution in [0.4, 0.5) is 5.69 Å². The Hall–Kier alpha value is -2.21. The average Bonchev–Trinajstić information content (AvgIpc) is 2.75. The van der Waals surface area contributed by atoms with Crippen LogP contribution in [-0.4, -0.2) is 105 Å². The number of aliphatic hydroxyl groups excluding tert-OH is 1. The molecular weight excluding hydrogens is 460 g/mol. The third-order valence-electron chi connectivity index (χ3n) is 5.98. The van der Waals surface area contributed by atoms with Gasteiger partial charge in [0.15, 0.2) is 5.75 Å². The van der Waals surface area contributed by atoms with E-state index in [1.54, 1.807) is 30.0 Å². The maximum absolute atomic E-state index is 13.4. The number of amides is 2. The molecule has 0 aromatic heterocycles. The number of para-hydroxylation sites is 1. The molecule has 1 aromatic carbocycles. The van der Waals surface area contributed by atoms with Crippen LogP contribution in [0, 0.1) is 5.92 Å². The number of nitrogens with one attached hydrogen (secondary N) is 1. The van der Waals surface area contributed by atoms with Crippen LogP contribution in [0.1, 0.15) is 37.0 Å². The number of hydrogen-bond donors (Lipinski definition) is 2. The minimum absolute atomic E-state index is 0.0695. The first kappa shape index (κ1) is 28.0. The summed E-state index contributed by atoms with van der Waals surface area (Å²) in [5.41, 5.74) is 0.615. The zero-order valence-corrected chi connectivity index (χ0v) is 21.8. The standard InChI is InChI=1S/C23H38N4O6S/c1-16-13-27(17(2)15-28)23(30)18-9-7-10-19(24-21(29)11-8-12-25(3)4)22(18)33-20(16)14-26(5)34(6,31)32/h7,9-10,16-17,20,28H,8,11-15H2,1-6H3,(H,24,29)/t16-,17+,20+/m0/s1. The molecule has 10 nitrogen and oxygen atoms in total. The van der Waals surface area contributed by atoms with E-state index in [1.807, 2.05) is 25.9 Å². The lowest BCUT2D eigenvalue weighted by Gasteiger charge is -2.38. The van der Waals surface area contributed by atoms with Crippen molar-refractivity contribution in [2.45, 2.75) is 38.8 Å². The number of ether oxygens (including phenoxy) is 1. The van der Waals surface area contributed by atoms with Gasteiger partial charge in [-0.05, 0) is 46.1 Å². The Morgan fingerprint density at radius 2 is 2.00 bits per heavy atom. The van der Waals surface area contributed by atoms with Crippen molar-refractivity contribution < 1.29 is 27.9 Å². The predicted molar refractivity (Wildman–Crippen MR) is 131 cm³/mol. The van der Waals surface area contributed by atoms with Crippen molar-refractivity contribution in [3.05, 3.63) is 23.8 Å². The smallest absolute Gasteiger partial charge is 0.258 e. The third kappa shape index (κ3) is 7.39. The SMILES string of the molecule is C[C@H](CO)N1C[C@H](C)[C@@H](CN(C)S(C)(=O)=O)Oc2c(NC(=O)CCCN(C)C)cccc2C1=O. The maximum Gasteiger partial charge on any atom is 0.258 e. The highest BCUT2D eigenvalue weighted by atomic mass is 32.2. The molecule has 192 valence electrons. The molecule has 2 N–H and O–H groups in total. The summed E-state index contributed by atoms with van der Waals surface area (Å²) in [6, 6.07) is 4.50. The van der Waals surface area contributed by atoms with Crippen molar-refractivity contribution in [2.24, 2.45) is 5.92 Å². The van der Waals surface area contributed by atoms with E-state index in [1.165, 1.54) is 11.4 Å². The number of anilines is 1. The molecule has 1 aromatic rings. The van der Waals surface area contributed by atoms with Gasteiger partial charge in [0.2, 0.25) is 15.9 Å². The number of benzene rings is 1. The van der Waals surface area contributed by atoms with Crippen LogP contribution in [0.15, 0.2) is 18.2 Å². The lowest BCUT2D eigenvalue weighted by atomic mass is 9.99. The number of nitrogens with zero attached hydrogens (tertiary/aromatic N) is 3. The summed E-state index contributed by atoms with van der Waals surface area (Å²) in [6.07, 6.45) is 1.51. The van der Waals surface area contributed by atoms with E-state index in [0.29, 0.717) is 18.5 Å². The van der Waals surface area contributed by atoms with Gasteiger partial charge in [-0.15, -0.1) is 0 Å². The van der Waals surface area contributed by atoms with E-state index in [-0.39, 0.29) is 48.7 Å². The Kier molecular flexibility index (Phi) is 9.86. The Morgan fingerprint density at radius 1 is 1.32 bits per heavy atom. The van der Waals surface area contributed by atoms with E-state index in [2.05, 4.69) is 5.32 Å². The third-order valence-corrected chi connectivity index (χ3v) is 7.26. The van der Waals surface area contributed by atoms with Crippen molar-refractivity contribution >= 4 is 27.5 Å². The topological polar surface area (TPSA) is 119 Å². The van der Waals surface area contributed by atoms with E-state index in [4.69, 9.17) is 4.74 Å². The zero-order chi connectivity index (χ0) is 25.6. The van der Waals surface area contributed by atoms with Crippen molar-refractivity contribution in [1.82, 2.24) is 14.1 Å². The molecule has 0 fully saturated rings. The van der Waals surface area contributed by atoms with Crippen LogP contribution in [0.2, 0.25) is 0 Å². The van der Waals surface area contributed by atoms with Gasteiger partial charge in [0.1, 0.15) is 6.10 Å². The molecule has 1 heterocycles. The molecular formula is C23H38N4O6S. The number of carbonyl (C=O) groups excluding carboxylic acids is 2. The van der Waals surface area contributed by atoms with E-state index >= 15 is 0 Å². The molecule has 2 rings (SSSR count). The largest absolute Gasteiger partial charge is 0.486 e. The second-order valence-corrected chi connectivity index (χ2v) is 11.4. The van der Waals surface area contributed by atoms with Crippen molar-refractivity contribution in [1.29, 1.82) is 0 Å². The van der Waals surface area contributed by atoms with Crippen LogP contribution in [-0.2, 0) is 14.8 Å². The minimum Gasteiger partial charge on any atom is -0.486 e. The fraction of sp³-hybridized carbons (Fsp3) is 0.652. The lowest BCUT2D eigenvalue weighted by Crippen LogP contribution is -2.50. The van der Waals surface area contributed by atoms with E-state index in [0.717, 1.165) is 12.8 Å². The molecule has 0 saturated carbocycles. The Bertz CT molecular complexity index is 968. The number of fused-ring (bicyclic) bond motifs is 1. The second-order valence-electron chi connectivity index (χ2n) is 9.30. The van der Waals surface area contributed by atoms with Crippen LogP contribution in [0.5, 0.6) is 5.75 Å². The monoisotopic (exact) mass is 498 g/mol. The average molecular weight is 499 g/mol. The van der Waals surface area contributed by atoms with Gasteiger partial charge in [-0.25, -0.2) is 12.7 Å². The highest BCUT2D eigenvalue weighted by Gasteiger charge is 2.35. The number of likely N-dealkylation sites (N-methyl/N-ethyl adjacent to an activating group) is 1. The van der Waals surface area contributed by atoms with Crippen LogP contribution in [0.25, 0.3) is 0 Å². The number of rotatable bonds is 10. The van der Waals surface area contributed by atoms with Gasteiger partial charge in [0, 0.05) is 25.9 Å². The number of sulfonamides is 1. The van der Waals surface area contributed by atoms with Crippen molar-refractivity contribution in [3.8, 4) is 5.75 Å². The molecule has 1 aliphatic rings. The first-order valence-corrected chi connectivity index (χ1v) is 13.3. The van der Waals surface area contributed by atoms with Gasteiger partial charge < -0.3 is 25.0 Å². The van der Waals surface area contributed by atoms with Crippen LogP contribution < -0.4 is 10.1 Å². The van der Waals surface area contributed by atoms with E-state index < -0.39 is 22.2 Å². The zero-order valence-electron chi connectivity index (χ0n) is 20.9. The van der Waals surface area contributed by atoms with Crippen LogP contribution in [0.3, 0.4) is 0 Å². The number of hydrogen-bond acceptors (Lipinski definition) is 7. The van der Waals surface area contributed by atoms with Crippen molar-refractivity contribution in [2.75, 3.05) is 59.0 Å². The fourth-order valence-electron chi connectivity index (χ4n) is 3.72. The summed E-state index contributed by atoms with van der Waals surface area (Å²) in [7, 11) is 1.89. The molecule has 0 bridgehead atoms. The van der Waals surface area contributed by atoms with Crippen molar-refractivity contribution in [3.63, 3.8) is 0 Å². The van der Waals surface area contributed by atoms with Crippen LogP contribution >= 0.6 is 0 Å². The summed E-state index contributed by atoms with van der Waals surface area (Å²) >= 11 is 0. The van der Waals surface area contributed by atoms with Gasteiger partial charge in [-0.2, -0.15) is 0 Å². The highest BCUT2D eigenvalue weighted by Crippen LogP contribution is 2.35. The molecule has 0 radical (unpaired) electrons. The quantitative estimate of drug-likeness (QED) is 0.495. The maximum atomic E-state index is 13.4. The Morgan fingerprint density at radius 3 is 2.59 bits per heavy atom. The van der Waals surface area contributed by atoms with E-state index in [9.17, 15) is 23.1 Å². The van der Waals surface area contributed by atoms with Gasteiger partial charge in [0.25, 0.3) is 5.91 Å². The molecule has 0 aliphatic carbocycles. The summed E-state index contributed by atoms with van der Waals surface area (Å²) in [5, 5.41) is 12.6. The molecule has 1 aliphatic heterocycles. The number of aliphatic hydroxyl groups is 1. The van der Waals surface area contributed by atoms with Gasteiger partial charge in [0.05, 0.1) is 36.7 Å². The van der Waals surface area contributed by atoms with Gasteiger partial charge in [-0.3, -0.25) is 9.59 Å². The summed E-state index contributed by atoms with van der Waals surface area (Å²) in [4.78, 5) is 29.6. The number of carbonyl (C=O) groups is 2. The first-order chi connectivity index (χ1) is 15.8. The van der Waals surface area contributed by atoms with Gasteiger partial charge in [-0.1, -0.05) is 13.0 Å². The normalized spacial score (nSPS) is 19.9. The summed E-state index contributed by atoms with van der Waals surface area (Å²) < 4.78 is 31.6. The summed E-state index contributed by atoms with van der Waals surface area (Å²) in [5.74, 6) is -0.560. The Balaban J connectivity index is 2.45. The predicted octanol–water partition coefficient (Wildman–Crippen LogP) is 1.08. The molecule has 11 heteroatoms. The molecule has 34 heavy (non-hydrogen) atoms. The Labute approximate surface area is 202 Å². The lowest BCUT2D eigenvalue weighted by molar-refractivity contribution is -0.116. The first-order valence-electron chi connectivity index (χ1n) is 11.4. The van der Waals surface area contributed by atoms with Gasteiger partial charge >= 0.3 is 0 Å². The molecule has 0 spiro atoms. The molecule has 0 unspecified atom stereocenters. The molecule has 0 saturated heterocycles. The fourth-order valence-corrected chi connectivity index (χ4v) is 4.13. The highest BCUT2D eigenvalue weighted by molar-refractivity contribution is 7.88. The minimum atomic E-state index is -3.46. The summed E-state index contributed by atoms with van der Waals surface area (Å²) in [6.45, 7) is 4.52.